The van der Waals surface area contributed by atoms with Crippen molar-refractivity contribution in [2.75, 3.05) is 0 Å². The molecular weight excluding hydrogens is 192 g/mol. The first-order chi connectivity index (χ1) is 7.18. The first kappa shape index (κ1) is 10.1. The van der Waals surface area contributed by atoms with Crippen LogP contribution >= 0.6 is 0 Å². The molecule has 1 unspecified atom stereocenters. The Bertz CT molecular complexity index is 377. The largest absolute Gasteiger partial charge is 0.440 e. The second-order valence-electron chi connectivity index (χ2n) is 3.90. The lowest BCUT2D eigenvalue weighted by molar-refractivity contribution is -0.154. The van der Waals surface area contributed by atoms with Gasteiger partial charge in [-0.25, -0.2) is 0 Å². The molecule has 4 heteroatoms. The molecule has 4 nitrogen and oxygen atoms in total. The van der Waals surface area contributed by atoms with Crippen molar-refractivity contribution in [3.63, 3.8) is 0 Å². The molecule has 1 aromatic heterocycles. The minimum Gasteiger partial charge on any atom is -0.440 e. The van der Waals surface area contributed by atoms with Gasteiger partial charge in [0.25, 0.3) is 0 Å². The van der Waals surface area contributed by atoms with E-state index >= 15 is 0 Å². The number of hydrogen-bond acceptors (Lipinski definition) is 4. The molecule has 1 atom stereocenters. The number of nitrogens with zero attached hydrogens (tertiary/aromatic N) is 1. The highest BCUT2D eigenvalue weighted by molar-refractivity contribution is 5.71. The van der Waals surface area contributed by atoms with Gasteiger partial charge in [-0.2, -0.15) is 0 Å². The fraction of sp³-hybridized carbons (Fsp3) is 0.455. The van der Waals surface area contributed by atoms with Gasteiger partial charge in [0.2, 0.25) is 0 Å². The van der Waals surface area contributed by atoms with Crippen LogP contribution in [0.4, 0.5) is 0 Å². The van der Waals surface area contributed by atoms with E-state index in [4.69, 9.17) is 4.74 Å². The fourth-order valence-electron chi connectivity index (χ4n) is 1.49. The van der Waals surface area contributed by atoms with E-state index in [2.05, 4.69) is 10.3 Å². The molecule has 0 fully saturated rings. The second kappa shape index (κ2) is 3.98. The summed E-state index contributed by atoms with van der Waals surface area (Å²) in [5, 5.41) is 3.10. The zero-order chi connectivity index (χ0) is 10.8. The molecule has 0 saturated carbocycles. The molecule has 1 aliphatic rings. The molecule has 0 saturated heterocycles. The predicted octanol–water partition coefficient (Wildman–Crippen LogP) is 1.38. The van der Waals surface area contributed by atoms with Crippen LogP contribution in [0.2, 0.25) is 0 Å². The molecule has 80 valence electrons. The average Bonchev–Trinajstić information content (AvgIpc) is 2.62. The lowest BCUT2D eigenvalue weighted by Gasteiger charge is -2.14. The van der Waals surface area contributed by atoms with Crippen molar-refractivity contribution in [3.05, 3.63) is 29.6 Å². The summed E-state index contributed by atoms with van der Waals surface area (Å²) in [6, 6.07) is 3.87. The minimum atomic E-state index is -0.379. The Morgan fingerprint density at radius 2 is 2.47 bits per heavy atom. The summed E-state index contributed by atoms with van der Waals surface area (Å²) in [7, 11) is 0. The van der Waals surface area contributed by atoms with E-state index < -0.39 is 0 Å². The van der Waals surface area contributed by atoms with Gasteiger partial charge in [-0.15, -0.1) is 0 Å². The summed E-state index contributed by atoms with van der Waals surface area (Å²) in [4.78, 5) is 15.6. The van der Waals surface area contributed by atoms with Crippen LogP contribution in [0.1, 0.15) is 31.3 Å². The molecule has 0 bridgehead atoms. The molecule has 1 aliphatic heterocycles. The van der Waals surface area contributed by atoms with E-state index in [1.807, 2.05) is 26.0 Å². The number of pyridine rings is 1. The van der Waals surface area contributed by atoms with E-state index in [1.165, 1.54) is 0 Å². The lowest BCUT2D eigenvalue weighted by Crippen LogP contribution is -2.22. The molecule has 2 heterocycles. The Balaban J connectivity index is 2.11. The number of carbonyl (C=O) groups excluding carboxylic acids is 1. The van der Waals surface area contributed by atoms with Crippen LogP contribution in [-0.2, 0) is 16.1 Å². The van der Waals surface area contributed by atoms with E-state index in [1.54, 1.807) is 6.20 Å². The van der Waals surface area contributed by atoms with Gasteiger partial charge in [0, 0.05) is 12.7 Å². The van der Waals surface area contributed by atoms with Gasteiger partial charge in [-0.1, -0.05) is 19.9 Å². The SMILES string of the molecule is CC(C)C(=O)OC1NCc2cccnc21. The lowest BCUT2D eigenvalue weighted by atomic mass is 10.2. The Hall–Kier alpha value is -1.42. The minimum absolute atomic E-state index is 0.112. The van der Waals surface area contributed by atoms with Crippen molar-refractivity contribution in [3.8, 4) is 0 Å². The molecule has 1 aromatic rings. The van der Waals surface area contributed by atoms with E-state index in [0.29, 0.717) is 6.54 Å². The summed E-state index contributed by atoms with van der Waals surface area (Å²) < 4.78 is 5.29. The maximum atomic E-state index is 11.4. The van der Waals surface area contributed by atoms with Crippen LogP contribution in [0, 0.1) is 5.92 Å². The summed E-state index contributed by atoms with van der Waals surface area (Å²) in [6.45, 7) is 4.34. The van der Waals surface area contributed by atoms with Gasteiger partial charge in [0.1, 0.15) is 5.69 Å². The van der Waals surface area contributed by atoms with Crippen molar-refractivity contribution in [1.29, 1.82) is 0 Å². The number of aromatic nitrogens is 1. The number of nitrogens with one attached hydrogen (secondary N) is 1. The van der Waals surface area contributed by atoms with Crippen LogP contribution in [0.3, 0.4) is 0 Å². The van der Waals surface area contributed by atoms with Crippen molar-refractivity contribution >= 4 is 5.97 Å². The number of esters is 1. The quantitative estimate of drug-likeness (QED) is 0.743. The maximum Gasteiger partial charge on any atom is 0.310 e. The molecule has 0 aromatic carbocycles. The van der Waals surface area contributed by atoms with E-state index in [9.17, 15) is 4.79 Å². The summed E-state index contributed by atoms with van der Waals surface area (Å²) in [5.74, 6) is -0.314. The monoisotopic (exact) mass is 206 g/mol. The number of ether oxygens (including phenoxy) is 1. The number of rotatable bonds is 2. The Morgan fingerprint density at radius 1 is 1.67 bits per heavy atom. The highest BCUT2D eigenvalue weighted by Crippen LogP contribution is 2.24. The summed E-state index contributed by atoms with van der Waals surface area (Å²) in [5.41, 5.74) is 1.92. The highest BCUT2D eigenvalue weighted by Gasteiger charge is 2.26. The fourth-order valence-corrected chi connectivity index (χ4v) is 1.49. The zero-order valence-corrected chi connectivity index (χ0v) is 8.86. The van der Waals surface area contributed by atoms with Crippen molar-refractivity contribution in [1.82, 2.24) is 10.3 Å². The van der Waals surface area contributed by atoms with Crippen molar-refractivity contribution < 1.29 is 9.53 Å². The Labute approximate surface area is 88.7 Å². The molecule has 0 amide bonds. The van der Waals surface area contributed by atoms with Crippen LogP contribution < -0.4 is 5.32 Å². The van der Waals surface area contributed by atoms with Crippen LogP contribution in [0.15, 0.2) is 18.3 Å². The first-order valence-corrected chi connectivity index (χ1v) is 5.06. The standard InChI is InChI=1S/C11H14N2O2/c1-7(2)11(14)15-10-9-8(6-13-10)4-3-5-12-9/h3-5,7,10,13H,6H2,1-2H3. The molecule has 15 heavy (non-hydrogen) atoms. The second-order valence-corrected chi connectivity index (χ2v) is 3.90. The topological polar surface area (TPSA) is 51.2 Å². The molecule has 0 aliphatic carbocycles. The molecule has 0 spiro atoms. The number of fused-ring (bicyclic) bond motifs is 1. The predicted molar refractivity (Wildman–Crippen MR) is 54.7 cm³/mol. The Kier molecular flexibility index (Phi) is 2.68. The van der Waals surface area contributed by atoms with Crippen LogP contribution in [-0.4, -0.2) is 11.0 Å². The Morgan fingerprint density at radius 3 is 3.20 bits per heavy atom. The summed E-state index contributed by atoms with van der Waals surface area (Å²) in [6.07, 6.45) is 1.33. The van der Waals surface area contributed by atoms with E-state index in [0.717, 1.165) is 11.3 Å². The third-order valence-electron chi connectivity index (χ3n) is 2.36. The molecule has 1 N–H and O–H groups in total. The van der Waals surface area contributed by atoms with E-state index in [-0.39, 0.29) is 18.1 Å². The third kappa shape index (κ3) is 1.99. The van der Waals surface area contributed by atoms with Crippen molar-refractivity contribution in [2.45, 2.75) is 26.6 Å². The van der Waals surface area contributed by atoms with Gasteiger partial charge in [0.05, 0.1) is 5.92 Å². The zero-order valence-electron chi connectivity index (χ0n) is 8.86. The highest BCUT2D eigenvalue weighted by atomic mass is 16.6. The third-order valence-corrected chi connectivity index (χ3v) is 2.36. The smallest absolute Gasteiger partial charge is 0.310 e. The summed E-state index contributed by atoms with van der Waals surface area (Å²) >= 11 is 0. The molecular formula is C11H14N2O2. The van der Waals surface area contributed by atoms with Crippen LogP contribution in [0.5, 0.6) is 0 Å². The first-order valence-electron chi connectivity index (χ1n) is 5.06. The normalized spacial score (nSPS) is 19.0. The average molecular weight is 206 g/mol. The number of hydrogen-bond donors (Lipinski definition) is 1. The van der Waals surface area contributed by atoms with Gasteiger partial charge in [0.15, 0.2) is 6.23 Å². The van der Waals surface area contributed by atoms with Gasteiger partial charge < -0.3 is 4.74 Å². The van der Waals surface area contributed by atoms with Crippen molar-refractivity contribution in [2.24, 2.45) is 5.92 Å². The molecule has 0 radical (unpaired) electrons. The number of carbonyl (C=O) groups is 1. The van der Waals surface area contributed by atoms with Gasteiger partial charge in [-0.05, 0) is 11.6 Å². The van der Waals surface area contributed by atoms with Crippen LogP contribution in [0.25, 0.3) is 0 Å². The van der Waals surface area contributed by atoms with Gasteiger partial charge >= 0.3 is 5.97 Å². The molecule has 2 rings (SSSR count). The maximum absolute atomic E-state index is 11.4. The van der Waals surface area contributed by atoms with Gasteiger partial charge in [-0.3, -0.25) is 15.1 Å².